The molecule has 13 heavy (non-hydrogen) atoms. The van der Waals surface area contributed by atoms with Crippen LogP contribution >= 0.6 is 38.9 Å². The summed E-state index contributed by atoms with van der Waals surface area (Å²) in [5, 5.41) is 1.11. The highest BCUT2D eigenvalue weighted by Gasteiger charge is 2.05. The number of hydrogen-bond acceptors (Lipinski definition) is 2. The number of thiazole rings is 1. The number of benzene rings is 1. The van der Waals surface area contributed by atoms with E-state index < -0.39 is 0 Å². The summed E-state index contributed by atoms with van der Waals surface area (Å²) in [6, 6.07) is 6.05. The van der Waals surface area contributed by atoms with E-state index in [4.69, 9.17) is 11.6 Å². The predicted octanol–water partition coefficient (Wildman–Crippen LogP) is 3.84. The molecule has 1 heterocycles. The van der Waals surface area contributed by atoms with E-state index in [1.807, 2.05) is 18.2 Å². The lowest BCUT2D eigenvalue weighted by atomic mass is 10.3. The van der Waals surface area contributed by atoms with Gasteiger partial charge in [-0.05, 0) is 28.1 Å². The molecule has 0 aliphatic carbocycles. The molecule has 0 atom stereocenters. The van der Waals surface area contributed by atoms with Crippen LogP contribution in [0.15, 0.2) is 22.7 Å². The van der Waals surface area contributed by atoms with Crippen LogP contribution < -0.4 is 0 Å². The van der Waals surface area contributed by atoms with E-state index in [0.29, 0.717) is 5.88 Å². The number of hydrogen-bond donors (Lipinski definition) is 0. The molecule has 0 N–H and O–H groups in total. The van der Waals surface area contributed by atoms with E-state index in [-0.39, 0.29) is 0 Å². The van der Waals surface area contributed by atoms with Gasteiger partial charge in [-0.25, -0.2) is 4.98 Å². The van der Waals surface area contributed by atoms with Gasteiger partial charge in [-0.3, -0.25) is 0 Å². The lowest BCUT2D eigenvalue weighted by Crippen LogP contribution is -1.81. The highest BCUT2D eigenvalue weighted by atomic mass is 79.9. The van der Waals surface area contributed by atoms with Gasteiger partial charge in [0, 0.05) is 16.8 Å². The van der Waals surface area contributed by atoms with Crippen LogP contribution in [0.5, 0.6) is 0 Å². The van der Waals surface area contributed by atoms with Gasteiger partial charge in [-0.15, -0.1) is 22.9 Å². The average molecular weight is 277 g/mol. The van der Waals surface area contributed by atoms with Gasteiger partial charge in [0.2, 0.25) is 0 Å². The van der Waals surface area contributed by atoms with Gasteiger partial charge in [-0.1, -0.05) is 6.07 Å². The van der Waals surface area contributed by atoms with Gasteiger partial charge in [0.15, 0.2) is 0 Å². The molecule has 0 radical (unpaired) electrons. The van der Waals surface area contributed by atoms with Crippen molar-refractivity contribution < 1.29 is 0 Å². The Kier molecular flexibility index (Phi) is 2.86. The van der Waals surface area contributed by atoms with E-state index in [2.05, 4.69) is 20.9 Å². The van der Waals surface area contributed by atoms with E-state index in [0.717, 1.165) is 21.4 Å². The van der Waals surface area contributed by atoms with Gasteiger partial charge in [0.1, 0.15) is 0 Å². The van der Waals surface area contributed by atoms with E-state index in [1.54, 1.807) is 11.3 Å². The molecule has 0 bridgehead atoms. The summed E-state index contributed by atoms with van der Waals surface area (Å²) >= 11 is 10.9. The van der Waals surface area contributed by atoms with Crippen LogP contribution in [-0.2, 0) is 6.42 Å². The molecule has 4 heteroatoms. The molecule has 2 aromatic rings. The van der Waals surface area contributed by atoms with Gasteiger partial charge in [-0.2, -0.15) is 0 Å². The molecule has 0 saturated carbocycles. The minimum atomic E-state index is 0.636. The molecule has 0 aliphatic heterocycles. The summed E-state index contributed by atoms with van der Waals surface area (Å²) in [7, 11) is 0. The first-order valence-electron chi connectivity index (χ1n) is 3.91. The fourth-order valence-electron chi connectivity index (χ4n) is 1.15. The SMILES string of the molecule is ClCCc1nc2cccc(Br)c2s1. The maximum absolute atomic E-state index is 5.66. The Morgan fingerprint density at radius 2 is 2.31 bits per heavy atom. The zero-order chi connectivity index (χ0) is 9.26. The van der Waals surface area contributed by atoms with Crippen molar-refractivity contribution in [2.24, 2.45) is 0 Å². The molecule has 1 aromatic carbocycles. The first-order valence-corrected chi connectivity index (χ1v) is 6.05. The van der Waals surface area contributed by atoms with E-state index in [1.165, 1.54) is 4.70 Å². The normalized spacial score (nSPS) is 10.9. The van der Waals surface area contributed by atoms with Crippen molar-refractivity contribution in [1.82, 2.24) is 4.98 Å². The Balaban J connectivity index is 2.55. The van der Waals surface area contributed by atoms with Crippen molar-refractivity contribution >= 4 is 49.1 Å². The molecule has 68 valence electrons. The first-order chi connectivity index (χ1) is 6.31. The summed E-state index contributed by atoms with van der Waals surface area (Å²) in [6.07, 6.45) is 0.855. The second kappa shape index (κ2) is 3.95. The molecule has 0 aliphatic rings. The summed E-state index contributed by atoms with van der Waals surface area (Å²) < 4.78 is 2.32. The third-order valence-electron chi connectivity index (χ3n) is 1.72. The Hall–Kier alpha value is -0.120. The largest absolute Gasteiger partial charge is 0.241 e. The van der Waals surface area contributed by atoms with Gasteiger partial charge >= 0.3 is 0 Å². The van der Waals surface area contributed by atoms with Gasteiger partial charge in [0.05, 0.1) is 15.2 Å². The topological polar surface area (TPSA) is 12.9 Å². The third-order valence-corrected chi connectivity index (χ3v) is 4.00. The maximum atomic E-state index is 5.66. The van der Waals surface area contributed by atoms with Crippen molar-refractivity contribution in [3.05, 3.63) is 27.7 Å². The molecule has 0 spiro atoms. The highest BCUT2D eigenvalue weighted by Crippen LogP contribution is 2.29. The number of aromatic nitrogens is 1. The number of halogens is 2. The standard InChI is InChI=1S/C9H7BrClNS/c10-6-2-1-3-7-9(6)13-8(12-7)4-5-11/h1-3H,4-5H2. The van der Waals surface area contributed by atoms with Crippen LogP contribution in [-0.4, -0.2) is 10.9 Å². The van der Waals surface area contributed by atoms with Gasteiger partial charge in [0.25, 0.3) is 0 Å². The van der Waals surface area contributed by atoms with Crippen molar-refractivity contribution in [3.63, 3.8) is 0 Å². The molecule has 0 amide bonds. The zero-order valence-electron chi connectivity index (χ0n) is 6.76. The molecule has 0 saturated heterocycles. The molecule has 0 fully saturated rings. The minimum absolute atomic E-state index is 0.636. The summed E-state index contributed by atoms with van der Waals surface area (Å²) in [5.74, 6) is 0.636. The fourth-order valence-corrected chi connectivity index (χ4v) is 3.01. The van der Waals surface area contributed by atoms with Crippen molar-refractivity contribution in [2.75, 3.05) is 5.88 Å². The predicted molar refractivity (Wildman–Crippen MR) is 61.7 cm³/mol. The van der Waals surface area contributed by atoms with Crippen molar-refractivity contribution in [3.8, 4) is 0 Å². The van der Waals surface area contributed by atoms with Crippen LogP contribution in [0.3, 0.4) is 0 Å². The number of nitrogens with zero attached hydrogens (tertiary/aromatic N) is 1. The summed E-state index contributed by atoms with van der Waals surface area (Å²) in [5.41, 5.74) is 1.06. The lowest BCUT2D eigenvalue weighted by Gasteiger charge is -1.88. The number of aryl methyl sites for hydroxylation is 1. The maximum Gasteiger partial charge on any atom is 0.0950 e. The minimum Gasteiger partial charge on any atom is -0.241 e. The quantitative estimate of drug-likeness (QED) is 0.760. The molecule has 0 unspecified atom stereocenters. The molecular weight excluding hydrogens is 270 g/mol. The number of alkyl halides is 1. The third kappa shape index (κ3) is 1.87. The number of rotatable bonds is 2. The average Bonchev–Trinajstić information content (AvgIpc) is 2.49. The van der Waals surface area contributed by atoms with Gasteiger partial charge < -0.3 is 0 Å². The second-order valence-electron chi connectivity index (χ2n) is 2.63. The lowest BCUT2D eigenvalue weighted by molar-refractivity contribution is 1.12. The zero-order valence-corrected chi connectivity index (χ0v) is 9.92. The molecular formula is C9H7BrClNS. The summed E-state index contributed by atoms with van der Waals surface area (Å²) in [6.45, 7) is 0. The van der Waals surface area contributed by atoms with Crippen LogP contribution in [0.25, 0.3) is 10.2 Å². The Morgan fingerprint density at radius 3 is 3.00 bits per heavy atom. The Labute approximate surface area is 93.9 Å². The van der Waals surface area contributed by atoms with Crippen LogP contribution in [0.4, 0.5) is 0 Å². The fraction of sp³-hybridized carbons (Fsp3) is 0.222. The first kappa shape index (κ1) is 9.44. The monoisotopic (exact) mass is 275 g/mol. The van der Waals surface area contributed by atoms with Crippen molar-refractivity contribution in [1.29, 1.82) is 0 Å². The van der Waals surface area contributed by atoms with E-state index >= 15 is 0 Å². The Morgan fingerprint density at radius 1 is 1.46 bits per heavy atom. The second-order valence-corrected chi connectivity index (χ2v) is 4.95. The van der Waals surface area contributed by atoms with Crippen LogP contribution in [0, 0.1) is 0 Å². The smallest absolute Gasteiger partial charge is 0.0950 e. The highest BCUT2D eigenvalue weighted by molar-refractivity contribution is 9.10. The van der Waals surface area contributed by atoms with Crippen molar-refractivity contribution in [2.45, 2.75) is 6.42 Å². The van der Waals surface area contributed by atoms with E-state index in [9.17, 15) is 0 Å². The molecule has 2 rings (SSSR count). The molecule has 1 aromatic heterocycles. The Bertz CT molecular complexity index is 426. The van der Waals surface area contributed by atoms with Crippen LogP contribution in [0.1, 0.15) is 5.01 Å². The number of fused-ring (bicyclic) bond motifs is 1. The summed E-state index contributed by atoms with van der Waals surface area (Å²) in [4.78, 5) is 4.47. The van der Waals surface area contributed by atoms with Crippen LogP contribution in [0.2, 0.25) is 0 Å². The molecule has 1 nitrogen and oxygen atoms in total.